The average molecular weight is 361 g/mol. The maximum absolute atomic E-state index is 13.1. The van der Waals surface area contributed by atoms with Crippen molar-refractivity contribution in [3.05, 3.63) is 94.3 Å². The topological polar surface area (TPSA) is 49.5 Å². The molecule has 2 aromatic carbocycles. The molecule has 2 heterocycles. The number of Topliss-reactive ketones (excluding diaryl/α,β-unsaturated/α-hetero) is 1. The van der Waals surface area contributed by atoms with Gasteiger partial charge >= 0.3 is 0 Å². The Morgan fingerprint density at radius 2 is 1.77 bits per heavy atom. The molecule has 0 unspecified atom stereocenters. The summed E-state index contributed by atoms with van der Waals surface area (Å²) in [6.07, 6.45) is 1.83. The highest BCUT2D eigenvalue weighted by molar-refractivity contribution is 7.10. The third-order valence-electron chi connectivity index (χ3n) is 4.76. The van der Waals surface area contributed by atoms with E-state index in [0.29, 0.717) is 0 Å². The minimum atomic E-state index is -0.179. The molecule has 0 radical (unpaired) electrons. The van der Waals surface area contributed by atoms with Crippen molar-refractivity contribution in [2.75, 3.05) is 0 Å². The predicted octanol–water partition coefficient (Wildman–Crippen LogP) is 4.15. The van der Waals surface area contributed by atoms with Crippen LogP contribution in [0.2, 0.25) is 0 Å². The van der Waals surface area contributed by atoms with Gasteiger partial charge < -0.3 is 10.3 Å². The number of H-pyrrole nitrogens is 1. The van der Waals surface area contributed by atoms with Crippen molar-refractivity contribution in [3.63, 3.8) is 0 Å². The van der Waals surface area contributed by atoms with Gasteiger partial charge in [0.25, 0.3) is 0 Å². The van der Waals surface area contributed by atoms with Crippen LogP contribution in [0.3, 0.4) is 0 Å². The second-order valence-corrected chi connectivity index (χ2v) is 7.48. The van der Waals surface area contributed by atoms with Gasteiger partial charge in [-0.1, -0.05) is 54.6 Å². The van der Waals surface area contributed by atoms with Crippen molar-refractivity contribution in [2.45, 2.75) is 19.0 Å². The van der Waals surface area contributed by atoms with Crippen LogP contribution in [0, 0.1) is 0 Å². The zero-order valence-electron chi connectivity index (χ0n) is 14.6. The quantitative estimate of drug-likeness (QED) is 0.498. The van der Waals surface area contributed by atoms with E-state index >= 15 is 0 Å². The number of benzene rings is 2. The maximum Gasteiger partial charge on any atom is 0.221 e. The Hall–Kier alpha value is -2.69. The number of rotatable bonds is 6. The second kappa shape index (κ2) is 7.28. The van der Waals surface area contributed by atoms with Gasteiger partial charge in [-0.05, 0) is 24.4 Å². The SMILES string of the molecule is C[C@H]([NH2+][C@@H](c1ccccc1)c1cccs1)C(=O)c1c[nH]c2ccccc12. The van der Waals surface area contributed by atoms with Crippen LogP contribution in [-0.2, 0) is 0 Å². The van der Waals surface area contributed by atoms with Gasteiger partial charge in [0, 0.05) is 28.2 Å². The highest BCUT2D eigenvalue weighted by Crippen LogP contribution is 2.23. The Labute approximate surface area is 156 Å². The van der Waals surface area contributed by atoms with Crippen LogP contribution in [-0.4, -0.2) is 16.8 Å². The van der Waals surface area contributed by atoms with Crippen molar-refractivity contribution >= 4 is 28.0 Å². The normalized spacial score (nSPS) is 13.6. The van der Waals surface area contributed by atoms with Gasteiger partial charge in [0.2, 0.25) is 5.78 Å². The van der Waals surface area contributed by atoms with Gasteiger partial charge in [-0.3, -0.25) is 4.79 Å². The number of fused-ring (bicyclic) bond motifs is 1. The van der Waals surface area contributed by atoms with Crippen LogP contribution in [0.1, 0.15) is 33.8 Å². The fraction of sp³-hybridized carbons (Fsp3) is 0.136. The Balaban J connectivity index is 1.62. The van der Waals surface area contributed by atoms with Crippen LogP contribution in [0.4, 0.5) is 0 Å². The van der Waals surface area contributed by atoms with Crippen LogP contribution < -0.4 is 5.32 Å². The lowest BCUT2D eigenvalue weighted by Crippen LogP contribution is -2.92. The second-order valence-electron chi connectivity index (χ2n) is 6.50. The van der Waals surface area contributed by atoms with Crippen molar-refractivity contribution in [3.8, 4) is 0 Å². The lowest BCUT2D eigenvalue weighted by Gasteiger charge is -2.19. The van der Waals surface area contributed by atoms with Gasteiger partial charge in [-0.2, -0.15) is 0 Å². The third-order valence-corrected chi connectivity index (χ3v) is 5.71. The highest BCUT2D eigenvalue weighted by Gasteiger charge is 2.27. The molecular formula is C22H21N2OS+. The van der Waals surface area contributed by atoms with Crippen molar-refractivity contribution in [1.29, 1.82) is 0 Å². The molecule has 130 valence electrons. The Bertz CT molecular complexity index is 1010. The van der Waals surface area contributed by atoms with E-state index in [2.05, 4.69) is 52.1 Å². The summed E-state index contributed by atoms with van der Waals surface area (Å²) in [6.45, 7) is 1.99. The largest absolute Gasteiger partial charge is 0.360 e. The molecule has 3 nitrogen and oxygen atoms in total. The molecule has 0 aliphatic carbocycles. The zero-order valence-corrected chi connectivity index (χ0v) is 15.4. The molecule has 4 heteroatoms. The summed E-state index contributed by atoms with van der Waals surface area (Å²) in [6, 6.07) is 22.5. The molecule has 3 N–H and O–H groups in total. The van der Waals surface area contributed by atoms with E-state index in [9.17, 15) is 4.79 Å². The van der Waals surface area contributed by atoms with Gasteiger partial charge in [0.05, 0.1) is 4.88 Å². The van der Waals surface area contributed by atoms with E-state index in [1.54, 1.807) is 11.3 Å². The lowest BCUT2D eigenvalue weighted by molar-refractivity contribution is -0.703. The average Bonchev–Trinajstić information content (AvgIpc) is 3.36. The molecule has 2 atom stereocenters. The molecule has 0 aliphatic rings. The van der Waals surface area contributed by atoms with E-state index in [-0.39, 0.29) is 17.9 Å². The number of hydrogen-bond donors (Lipinski definition) is 2. The predicted molar refractivity (Wildman–Crippen MR) is 107 cm³/mol. The van der Waals surface area contributed by atoms with E-state index < -0.39 is 0 Å². The standard InChI is InChI=1S/C22H20N2OS/c1-15(22(25)18-14-23-19-11-6-5-10-17(18)19)24-21(20-12-7-13-26-20)16-8-3-2-4-9-16/h2-15,21,23-24H,1H3/p+1/t15-,21-/m0/s1. The fourth-order valence-electron chi connectivity index (χ4n) is 3.40. The number of carbonyl (C=O) groups excluding carboxylic acids is 1. The molecule has 0 spiro atoms. The Kier molecular flexibility index (Phi) is 4.69. The number of quaternary nitrogens is 1. The molecule has 4 rings (SSSR count). The molecule has 0 aliphatic heterocycles. The summed E-state index contributed by atoms with van der Waals surface area (Å²) in [7, 11) is 0. The maximum atomic E-state index is 13.1. The monoisotopic (exact) mass is 361 g/mol. The zero-order chi connectivity index (χ0) is 17.9. The van der Waals surface area contributed by atoms with Crippen molar-refractivity contribution < 1.29 is 10.1 Å². The summed E-state index contributed by atoms with van der Waals surface area (Å²) in [4.78, 5) is 17.6. The van der Waals surface area contributed by atoms with E-state index in [1.807, 2.05) is 43.5 Å². The number of thiophene rings is 1. The van der Waals surface area contributed by atoms with Gasteiger partial charge in [-0.15, -0.1) is 11.3 Å². The summed E-state index contributed by atoms with van der Waals surface area (Å²) < 4.78 is 0. The number of nitrogens with two attached hydrogens (primary N) is 1. The summed E-state index contributed by atoms with van der Waals surface area (Å²) >= 11 is 1.73. The number of aromatic nitrogens is 1. The fourth-order valence-corrected chi connectivity index (χ4v) is 4.23. The molecule has 26 heavy (non-hydrogen) atoms. The highest BCUT2D eigenvalue weighted by atomic mass is 32.1. The number of carbonyl (C=O) groups is 1. The molecule has 0 saturated carbocycles. The van der Waals surface area contributed by atoms with Crippen LogP contribution in [0.5, 0.6) is 0 Å². The van der Waals surface area contributed by atoms with Gasteiger partial charge in [0.15, 0.2) is 0 Å². The van der Waals surface area contributed by atoms with E-state index in [0.717, 1.165) is 16.5 Å². The van der Waals surface area contributed by atoms with Crippen LogP contribution in [0.15, 0.2) is 78.3 Å². The van der Waals surface area contributed by atoms with Crippen LogP contribution >= 0.6 is 11.3 Å². The molecule has 0 saturated heterocycles. The van der Waals surface area contributed by atoms with Gasteiger partial charge in [-0.25, -0.2) is 0 Å². The first kappa shape index (κ1) is 16.8. The first-order chi connectivity index (χ1) is 12.7. The molecule has 0 bridgehead atoms. The molecule has 0 fully saturated rings. The Morgan fingerprint density at radius 3 is 2.54 bits per heavy atom. The molecule has 0 amide bonds. The summed E-state index contributed by atoms with van der Waals surface area (Å²) in [5.41, 5.74) is 2.98. The summed E-state index contributed by atoms with van der Waals surface area (Å²) in [5.74, 6) is 0.153. The minimum absolute atomic E-state index is 0.125. The van der Waals surface area contributed by atoms with E-state index in [4.69, 9.17) is 0 Å². The van der Waals surface area contributed by atoms with Gasteiger partial charge in [0.1, 0.15) is 12.1 Å². The minimum Gasteiger partial charge on any atom is -0.360 e. The first-order valence-electron chi connectivity index (χ1n) is 8.77. The lowest BCUT2D eigenvalue weighted by atomic mass is 10.0. The number of aromatic amines is 1. The van der Waals surface area contributed by atoms with Crippen molar-refractivity contribution in [2.24, 2.45) is 0 Å². The number of ketones is 1. The third kappa shape index (κ3) is 3.21. The number of para-hydroxylation sites is 1. The van der Waals surface area contributed by atoms with Crippen LogP contribution in [0.25, 0.3) is 10.9 Å². The number of hydrogen-bond acceptors (Lipinski definition) is 2. The van der Waals surface area contributed by atoms with E-state index in [1.165, 1.54) is 10.4 Å². The molecule has 4 aromatic rings. The molecular weight excluding hydrogens is 340 g/mol. The number of nitrogens with one attached hydrogen (secondary N) is 1. The molecule has 2 aromatic heterocycles. The smallest absolute Gasteiger partial charge is 0.221 e. The summed E-state index contributed by atoms with van der Waals surface area (Å²) in [5, 5.41) is 5.25. The Morgan fingerprint density at radius 1 is 1.00 bits per heavy atom. The first-order valence-corrected chi connectivity index (χ1v) is 9.65. The van der Waals surface area contributed by atoms with Crippen molar-refractivity contribution in [1.82, 2.24) is 4.98 Å².